The Kier molecular flexibility index (Phi) is 4.53. The Morgan fingerprint density at radius 2 is 1.74 bits per heavy atom. The Balaban J connectivity index is 1.66. The van der Waals surface area contributed by atoms with Crippen LogP contribution in [0.3, 0.4) is 0 Å². The summed E-state index contributed by atoms with van der Waals surface area (Å²) in [7, 11) is 0. The van der Waals surface area contributed by atoms with E-state index in [1.165, 1.54) is 11.1 Å². The lowest BCUT2D eigenvalue weighted by Crippen LogP contribution is -2.49. The number of carbonyl (C=O) groups is 1. The van der Waals surface area contributed by atoms with Crippen LogP contribution in [-0.4, -0.2) is 42.0 Å². The van der Waals surface area contributed by atoms with Crippen LogP contribution < -0.4 is 4.90 Å². The van der Waals surface area contributed by atoms with Gasteiger partial charge in [-0.3, -0.25) is 4.79 Å². The third-order valence-corrected chi connectivity index (χ3v) is 4.40. The Morgan fingerprint density at radius 1 is 1.09 bits per heavy atom. The van der Waals surface area contributed by atoms with Crippen LogP contribution in [0, 0.1) is 13.8 Å². The van der Waals surface area contributed by atoms with Crippen molar-refractivity contribution in [1.29, 1.82) is 0 Å². The molecule has 0 saturated carbocycles. The fourth-order valence-electron chi connectivity index (χ4n) is 2.94. The Labute approximate surface area is 141 Å². The Bertz CT molecular complexity index is 707. The molecule has 1 saturated heterocycles. The molecule has 0 atom stereocenters. The molecule has 0 spiro atoms. The van der Waals surface area contributed by atoms with Gasteiger partial charge < -0.3 is 9.80 Å². The van der Waals surface area contributed by atoms with Crippen molar-refractivity contribution in [2.75, 3.05) is 31.1 Å². The third kappa shape index (κ3) is 3.48. The first kappa shape index (κ1) is 15.8. The molecular weight excluding hydrogens is 310 g/mol. The number of benzene rings is 1. The van der Waals surface area contributed by atoms with Crippen LogP contribution in [0.25, 0.3) is 0 Å². The number of hydrogen-bond acceptors (Lipinski definition) is 3. The van der Waals surface area contributed by atoms with Gasteiger partial charge in [0.2, 0.25) is 0 Å². The maximum atomic E-state index is 12.5. The molecule has 4 nitrogen and oxygen atoms in total. The predicted molar refractivity (Wildman–Crippen MR) is 93.3 cm³/mol. The normalized spacial score (nSPS) is 14.9. The van der Waals surface area contributed by atoms with Crippen molar-refractivity contribution in [3.05, 3.63) is 58.2 Å². The number of piperazine rings is 1. The van der Waals surface area contributed by atoms with Crippen molar-refractivity contribution in [2.24, 2.45) is 0 Å². The van der Waals surface area contributed by atoms with Crippen LogP contribution in [0.4, 0.5) is 5.82 Å². The molecule has 0 aliphatic carbocycles. The van der Waals surface area contributed by atoms with Gasteiger partial charge in [-0.1, -0.05) is 17.7 Å². The predicted octanol–water partition coefficient (Wildman–Crippen LogP) is 3.31. The van der Waals surface area contributed by atoms with Crippen LogP contribution in [-0.2, 0) is 0 Å². The van der Waals surface area contributed by atoms with Gasteiger partial charge in [-0.15, -0.1) is 0 Å². The lowest BCUT2D eigenvalue weighted by molar-refractivity contribution is 0.0746. The number of hydrogen-bond donors (Lipinski definition) is 0. The van der Waals surface area contributed by atoms with Crippen LogP contribution >= 0.6 is 11.6 Å². The maximum Gasteiger partial charge on any atom is 0.253 e. The molecule has 0 N–H and O–H groups in total. The summed E-state index contributed by atoms with van der Waals surface area (Å²) in [6.07, 6.45) is 1.90. The summed E-state index contributed by atoms with van der Waals surface area (Å²) in [6, 6.07) is 9.22. The van der Waals surface area contributed by atoms with E-state index < -0.39 is 0 Å². The third-order valence-electron chi connectivity index (χ3n) is 4.14. The average molecular weight is 330 g/mol. The van der Waals surface area contributed by atoms with E-state index in [1.807, 2.05) is 18.0 Å². The van der Waals surface area contributed by atoms with E-state index in [9.17, 15) is 4.79 Å². The lowest BCUT2D eigenvalue weighted by atomic mass is 10.1. The average Bonchev–Trinajstić information content (AvgIpc) is 2.55. The van der Waals surface area contributed by atoms with Gasteiger partial charge in [-0.2, -0.15) is 0 Å². The summed E-state index contributed by atoms with van der Waals surface area (Å²) >= 11 is 5.88. The van der Waals surface area contributed by atoms with Crippen molar-refractivity contribution in [1.82, 2.24) is 9.88 Å². The molecule has 1 fully saturated rings. The van der Waals surface area contributed by atoms with Gasteiger partial charge in [-0.05, 0) is 49.2 Å². The number of pyridine rings is 1. The van der Waals surface area contributed by atoms with Gasteiger partial charge >= 0.3 is 0 Å². The molecule has 120 valence electrons. The zero-order chi connectivity index (χ0) is 16.4. The van der Waals surface area contributed by atoms with Gasteiger partial charge in [-0.25, -0.2) is 4.98 Å². The fraction of sp³-hybridized carbons (Fsp3) is 0.333. The van der Waals surface area contributed by atoms with Crippen LogP contribution in [0.2, 0.25) is 5.02 Å². The van der Waals surface area contributed by atoms with E-state index in [-0.39, 0.29) is 5.91 Å². The quantitative estimate of drug-likeness (QED) is 0.848. The molecule has 2 aromatic rings. The fourth-order valence-corrected chi connectivity index (χ4v) is 3.06. The molecule has 1 aliphatic rings. The van der Waals surface area contributed by atoms with E-state index in [0.717, 1.165) is 18.9 Å². The first-order chi connectivity index (χ1) is 11.0. The van der Waals surface area contributed by atoms with Crippen molar-refractivity contribution in [3.63, 3.8) is 0 Å². The minimum Gasteiger partial charge on any atom is -0.353 e. The molecule has 3 rings (SSSR count). The molecule has 0 bridgehead atoms. The molecule has 1 aromatic heterocycles. The second-order valence-corrected chi connectivity index (χ2v) is 6.38. The standard InChI is InChI=1S/C18H20ClN3O/c1-13-11-14(2)17(20-12-13)21-7-9-22(10-8-21)18(23)15-3-5-16(19)6-4-15/h3-6,11-12H,7-10H2,1-2H3. The monoisotopic (exact) mass is 329 g/mol. The van der Waals surface area contributed by atoms with E-state index in [2.05, 4.69) is 22.9 Å². The summed E-state index contributed by atoms with van der Waals surface area (Å²) in [6.45, 7) is 7.15. The number of nitrogens with zero attached hydrogens (tertiary/aromatic N) is 3. The Hall–Kier alpha value is -2.07. The smallest absolute Gasteiger partial charge is 0.253 e. The topological polar surface area (TPSA) is 36.4 Å². The highest BCUT2D eigenvalue weighted by atomic mass is 35.5. The van der Waals surface area contributed by atoms with Crippen LogP contribution in [0.15, 0.2) is 36.5 Å². The second-order valence-electron chi connectivity index (χ2n) is 5.94. The first-order valence-electron chi connectivity index (χ1n) is 7.77. The van der Waals surface area contributed by atoms with Crippen molar-refractivity contribution in [3.8, 4) is 0 Å². The largest absolute Gasteiger partial charge is 0.353 e. The highest BCUT2D eigenvalue weighted by Gasteiger charge is 2.23. The lowest BCUT2D eigenvalue weighted by Gasteiger charge is -2.36. The van der Waals surface area contributed by atoms with Crippen LogP contribution in [0.1, 0.15) is 21.5 Å². The number of anilines is 1. The first-order valence-corrected chi connectivity index (χ1v) is 8.15. The minimum absolute atomic E-state index is 0.0647. The van der Waals surface area contributed by atoms with Crippen molar-refractivity contribution < 1.29 is 4.79 Å². The summed E-state index contributed by atoms with van der Waals surface area (Å²) in [4.78, 5) is 21.2. The van der Waals surface area contributed by atoms with Crippen molar-refractivity contribution in [2.45, 2.75) is 13.8 Å². The molecule has 23 heavy (non-hydrogen) atoms. The molecular formula is C18H20ClN3O. The van der Waals surface area contributed by atoms with Crippen LogP contribution in [0.5, 0.6) is 0 Å². The molecule has 5 heteroatoms. The summed E-state index contributed by atoms with van der Waals surface area (Å²) < 4.78 is 0. The van der Waals surface area contributed by atoms with Gasteiger partial charge in [0.05, 0.1) is 0 Å². The van der Waals surface area contributed by atoms with Gasteiger partial charge in [0.1, 0.15) is 5.82 Å². The molecule has 2 heterocycles. The van der Waals surface area contributed by atoms with Gasteiger partial charge in [0, 0.05) is 43.0 Å². The van der Waals surface area contributed by atoms with Crippen molar-refractivity contribution >= 4 is 23.3 Å². The van der Waals surface area contributed by atoms with E-state index in [1.54, 1.807) is 24.3 Å². The molecule has 1 amide bonds. The molecule has 0 unspecified atom stereocenters. The van der Waals surface area contributed by atoms with Gasteiger partial charge in [0.15, 0.2) is 0 Å². The number of aromatic nitrogens is 1. The summed E-state index contributed by atoms with van der Waals surface area (Å²) in [5.41, 5.74) is 3.04. The van der Waals surface area contributed by atoms with E-state index in [0.29, 0.717) is 23.7 Å². The summed E-state index contributed by atoms with van der Waals surface area (Å²) in [5, 5.41) is 0.646. The SMILES string of the molecule is Cc1cnc(N2CCN(C(=O)c3ccc(Cl)cc3)CC2)c(C)c1. The zero-order valence-electron chi connectivity index (χ0n) is 13.4. The molecule has 1 aliphatic heterocycles. The van der Waals surface area contributed by atoms with E-state index in [4.69, 9.17) is 11.6 Å². The highest BCUT2D eigenvalue weighted by molar-refractivity contribution is 6.30. The summed E-state index contributed by atoms with van der Waals surface area (Å²) in [5.74, 6) is 1.09. The van der Waals surface area contributed by atoms with Gasteiger partial charge in [0.25, 0.3) is 5.91 Å². The minimum atomic E-state index is 0.0647. The Morgan fingerprint density at radius 3 is 2.35 bits per heavy atom. The zero-order valence-corrected chi connectivity index (χ0v) is 14.2. The number of rotatable bonds is 2. The number of halogens is 1. The number of carbonyl (C=O) groups excluding carboxylic acids is 1. The highest BCUT2D eigenvalue weighted by Crippen LogP contribution is 2.20. The van der Waals surface area contributed by atoms with E-state index >= 15 is 0 Å². The second kappa shape index (κ2) is 6.59. The molecule has 1 aromatic carbocycles. The maximum absolute atomic E-state index is 12.5. The number of amides is 1. The number of aryl methyl sites for hydroxylation is 2. The molecule has 0 radical (unpaired) electrons.